The molecule has 2 atom stereocenters. The number of nitrogens with one attached hydrogen (secondary N) is 1. The van der Waals surface area contributed by atoms with E-state index in [1.807, 2.05) is 0 Å². The highest BCUT2D eigenvalue weighted by atomic mass is 79.9. The minimum Gasteiger partial charge on any atom is -0.495 e. The molecule has 0 aromatic heterocycles. The van der Waals surface area contributed by atoms with Crippen LogP contribution in [0.1, 0.15) is 44.9 Å². The van der Waals surface area contributed by atoms with E-state index in [0.29, 0.717) is 28.6 Å². The highest BCUT2D eigenvalue weighted by Gasteiger charge is 2.57. The van der Waals surface area contributed by atoms with Crippen LogP contribution in [0.5, 0.6) is 11.5 Å². The largest absolute Gasteiger partial charge is 0.495 e. The number of carbonyl (C=O) groups is 1. The molecule has 1 aromatic rings. The van der Waals surface area contributed by atoms with Crippen LogP contribution in [0.3, 0.4) is 0 Å². The minimum absolute atomic E-state index is 0.0470. The molecule has 4 nitrogen and oxygen atoms in total. The van der Waals surface area contributed by atoms with Crippen LogP contribution < -0.4 is 14.8 Å². The van der Waals surface area contributed by atoms with Crippen molar-refractivity contribution in [2.75, 3.05) is 19.5 Å². The zero-order valence-corrected chi connectivity index (χ0v) is 17.6. The van der Waals surface area contributed by atoms with E-state index in [0.717, 1.165) is 18.3 Å². The lowest BCUT2D eigenvalue weighted by Crippen LogP contribution is -2.53. The molecule has 4 fully saturated rings. The van der Waals surface area contributed by atoms with E-state index in [1.54, 1.807) is 26.4 Å². The Balaban J connectivity index is 1.51. The molecule has 4 bridgehead atoms. The molecule has 4 aliphatic carbocycles. The SMILES string of the molecule is COc1cc(NC(=O)CC23C[C@H]4C[C@@H](CC(Br)(C4)C2)C3)c(OC)cc1Cl. The van der Waals surface area contributed by atoms with E-state index in [9.17, 15) is 4.79 Å². The van der Waals surface area contributed by atoms with E-state index in [-0.39, 0.29) is 15.6 Å². The lowest BCUT2D eigenvalue weighted by molar-refractivity contribution is -0.123. The smallest absolute Gasteiger partial charge is 0.225 e. The van der Waals surface area contributed by atoms with Crippen LogP contribution in [0.25, 0.3) is 0 Å². The maximum atomic E-state index is 12.9. The number of carbonyl (C=O) groups excluding carboxylic acids is 1. The van der Waals surface area contributed by atoms with Gasteiger partial charge in [0.1, 0.15) is 11.5 Å². The van der Waals surface area contributed by atoms with Crippen LogP contribution in [-0.2, 0) is 4.79 Å². The fourth-order valence-electron chi connectivity index (χ4n) is 6.04. The molecule has 142 valence electrons. The summed E-state index contributed by atoms with van der Waals surface area (Å²) in [6.45, 7) is 0. The number of hydrogen-bond donors (Lipinski definition) is 1. The highest BCUT2D eigenvalue weighted by molar-refractivity contribution is 9.10. The Hall–Kier alpha value is -0.940. The summed E-state index contributed by atoms with van der Waals surface area (Å²) in [6, 6.07) is 3.40. The van der Waals surface area contributed by atoms with Gasteiger partial charge < -0.3 is 14.8 Å². The topological polar surface area (TPSA) is 47.6 Å². The number of hydrogen-bond acceptors (Lipinski definition) is 3. The summed E-state index contributed by atoms with van der Waals surface area (Å²) in [5, 5.41) is 3.50. The molecule has 6 heteroatoms. The van der Waals surface area contributed by atoms with Crippen LogP contribution in [0.4, 0.5) is 5.69 Å². The molecule has 1 N–H and O–H groups in total. The first kappa shape index (κ1) is 18.4. The number of anilines is 1. The summed E-state index contributed by atoms with van der Waals surface area (Å²) in [5.74, 6) is 2.66. The Morgan fingerprint density at radius 3 is 2.42 bits per heavy atom. The summed E-state index contributed by atoms with van der Waals surface area (Å²) < 4.78 is 10.9. The van der Waals surface area contributed by atoms with Crippen molar-refractivity contribution in [3.63, 3.8) is 0 Å². The first-order valence-corrected chi connectivity index (χ1v) is 10.4. The molecule has 5 rings (SSSR count). The van der Waals surface area contributed by atoms with E-state index in [1.165, 1.54) is 32.1 Å². The average molecular weight is 443 g/mol. The Morgan fingerprint density at radius 1 is 1.19 bits per heavy atom. The van der Waals surface area contributed by atoms with Gasteiger partial charge in [0, 0.05) is 22.9 Å². The maximum absolute atomic E-state index is 12.9. The summed E-state index contributed by atoms with van der Waals surface area (Å²) in [6.07, 6.45) is 7.95. The fourth-order valence-corrected chi connectivity index (χ4v) is 7.78. The van der Waals surface area contributed by atoms with Crippen molar-refractivity contribution in [2.24, 2.45) is 17.3 Å². The quantitative estimate of drug-likeness (QED) is 0.619. The van der Waals surface area contributed by atoms with Crippen LogP contribution in [-0.4, -0.2) is 24.5 Å². The lowest BCUT2D eigenvalue weighted by Gasteiger charge is -2.60. The molecule has 0 spiro atoms. The number of methoxy groups -OCH3 is 2. The molecule has 0 aliphatic heterocycles. The molecular weight excluding hydrogens is 418 g/mol. The molecule has 0 heterocycles. The summed E-state index contributed by atoms with van der Waals surface area (Å²) in [7, 11) is 3.13. The number of alkyl halides is 1. The van der Waals surface area contributed by atoms with Crippen LogP contribution in [0.2, 0.25) is 5.02 Å². The Bertz CT molecular complexity index is 724. The predicted octanol–water partition coefficient (Wildman–Crippen LogP) is 5.42. The van der Waals surface area contributed by atoms with Gasteiger partial charge in [-0.3, -0.25) is 4.79 Å². The molecule has 4 saturated carbocycles. The average Bonchev–Trinajstić information content (AvgIpc) is 2.53. The monoisotopic (exact) mass is 441 g/mol. The zero-order valence-electron chi connectivity index (χ0n) is 15.2. The van der Waals surface area contributed by atoms with E-state index in [2.05, 4.69) is 21.2 Å². The van der Waals surface area contributed by atoms with Crippen LogP contribution in [0.15, 0.2) is 12.1 Å². The van der Waals surface area contributed by atoms with Gasteiger partial charge in [0.25, 0.3) is 0 Å². The predicted molar refractivity (Wildman–Crippen MR) is 107 cm³/mol. The standard InChI is InChI=1S/C20H25BrClNO3/c1-25-16-5-15(17(26-2)4-14(16)22)23-18(24)10-19-6-12-3-13(7-19)9-20(21,8-12)11-19/h4-5,12-13H,3,6-11H2,1-2H3,(H,23,24)/t12-,13-,19?,20?/m1/s1. The molecule has 0 radical (unpaired) electrons. The van der Waals surface area contributed by atoms with Gasteiger partial charge in [0.15, 0.2) is 0 Å². The summed E-state index contributed by atoms with van der Waals surface area (Å²) >= 11 is 10.2. The van der Waals surface area contributed by atoms with Crippen LogP contribution >= 0.6 is 27.5 Å². The number of halogens is 2. The minimum atomic E-state index is 0.0470. The van der Waals surface area contributed by atoms with Crippen molar-refractivity contribution >= 4 is 39.1 Å². The molecule has 26 heavy (non-hydrogen) atoms. The molecule has 0 saturated heterocycles. The summed E-state index contributed by atoms with van der Waals surface area (Å²) in [4.78, 5) is 12.9. The van der Waals surface area contributed by atoms with Crippen molar-refractivity contribution in [2.45, 2.75) is 49.3 Å². The van der Waals surface area contributed by atoms with Crippen molar-refractivity contribution in [3.05, 3.63) is 17.2 Å². The van der Waals surface area contributed by atoms with Crippen LogP contribution in [0, 0.1) is 17.3 Å². The van der Waals surface area contributed by atoms with E-state index >= 15 is 0 Å². The third-order valence-corrected chi connectivity index (χ3v) is 7.62. The van der Waals surface area contributed by atoms with Gasteiger partial charge in [0.05, 0.1) is 24.9 Å². The van der Waals surface area contributed by atoms with Gasteiger partial charge in [-0.05, 0) is 55.8 Å². The highest BCUT2D eigenvalue weighted by Crippen LogP contribution is 2.65. The third kappa shape index (κ3) is 3.33. The van der Waals surface area contributed by atoms with Crippen molar-refractivity contribution in [1.29, 1.82) is 0 Å². The van der Waals surface area contributed by atoms with Gasteiger partial charge in [-0.25, -0.2) is 0 Å². The maximum Gasteiger partial charge on any atom is 0.225 e. The number of rotatable bonds is 5. The molecule has 1 amide bonds. The second-order valence-corrected chi connectivity index (χ2v) is 10.6. The van der Waals surface area contributed by atoms with Gasteiger partial charge in [-0.1, -0.05) is 27.5 Å². The Labute approximate surface area is 168 Å². The lowest BCUT2D eigenvalue weighted by atomic mass is 9.48. The second-order valence-electron chi connectivity index (χ2n) is 8.52. The summed E-state index contributed by atoms with van der Waals surface area (Å²) in [5.41, 5.74) is 0.749. The molecule has 1 aromatic carbocycles. The van der Waals surface area contributed by atoms with Crippen molar-refractivity contribution in [3.8, 4) is 11.5 Å². The fraction of sp³-hybridized carbons (Fsp3) is 0.650. The zero-order chi connectivity index (χ0) is 18.5. The van der Waals surface area contributed by atoms with Crippen molar-refractivity contribution < 1.29 is 14.3 Å². The second kappa shape index (κ2) is 6.59. The van der Waals surface area contributed by atoms with E-state index in [4.69, 9.17) is 21.1 Å². The number of ether oxygens (including phenoxy) is 2. The Morgan fingerprint density at radius 2 is 1.85 bits per heavy atom. The molecular formula is C20H25BrClNO3. The first-order chi connectivity index (χ1) is 12.3. The van der Waals surface area contributed by atoms with Gasteiger partial charge >= 0.3 is 0 Å². The van der Waals surface area contributed by atoms with E-state index < -0.39 is 0 Å². The third-order valence-electron chi connectivity index (χ3n) is 6.39. The normalized spacial score (nSPS) is 34.6. The number of benzene rings is 1. The molecule has 0 unspecified atom stereocenters. The first-order valence-electron chi connectivity index (χ1n) is 9.24. The molecule has 4 aliphatic rings. The number of amides is 1. The van der Waals surface area contributed by atoms with Gasteiger partial charge in [-0.2, -0.15) is 0 Å². The van der Waals surface area contributed by atoms with Crippen molar-refractivity contribution in [1.82, 2.24) is 0 Å². The van der Waals surface area contributed by atoms with Gasteiger partial charge in [0.2, 0.25) is 5.91 Å². The Kier molecular flexibility index (Phi) is 4.67. The van der Waals surface area contributed by atoms with Gasteiger partial charge in [-0.15, -0.1) is 0 Å².